The number of urea groups is 1. The maximum absolute atomic E-state index is 15.1. The van der Waals surface area contributed by atoms with E-state index in [0.717, 1.165) is 17.0 Å². The van der Waals surface area contributed by atoms with E-state index in [-0.39, 0.29) is 124 Å². The number of likely N-dealkylation sites (N-methyl/N-ethyl adjacent to an activating group) is 3. The SMILES string of the molecule is CC[C@H](C)[C@@H]([C@@H](CC(=O)N1C[C@@H](OC(=O)N(C)CCNC(=O)OCc2ccc(NC(=O)[C@H](CCCNC(N)=O)NC(=O)[C@@H](NC(=O)CCCCCN3C(=O)C=CC3=O)C(C)C)cc2)C[C@H]1[C@H](OC)[C@@H](C)C(=O)N[C@@H](C)C(=O)c1ccc(F)cc1)OC)N(C)C(=O)[C@@H](NC(=O)[C@H](C(C)C)N(C)C)C(C)C. The van der Waals surface area contributed by atoms with Gasteiger partial charge in [0.15, 0.2) is 5.78 Å². The lowest BCUT2D eigenvalue weighted by Gasteiger charge is -2.41. The molecule has 9 N–H and O–H groups in total. The van der Waals surface area contributed by atoms with Gasteiger partial charge in [0.05, 0.1) is 55.3 Å². The molecule has 12 atom stereocenters. The highest BCUT2D eigenvalue weighted by Crippen LogP contribution is 2.32. The Hall–Kier alpha value is -9.10. The molecule has 1 saturated heterocycles. The quantitative estimate of drug-likeness (QED) is 0.0255. The second-order valence-electron chi connectivity index (χ2n) is 28.0. The van der Waals surface area contributed by atoms with Crippen molar-refractivity contribution in [3.8, 4) is 0 Å². The standard InChI is InChI=1S/C73H112FN13O17/c1-17-45(8)63(85(14)70(97)61(43(4)5)82-69(96)62(44(6)7)83(11)12)55(101-15)39-59(91)87-40-52(38-54(87)65(102-16)46(9)66(93)78-47(10)64(92)49-26-28-50(74)29-27-49)104-73(100)84(13)37-35-77-72(99)103-41-48-24-30-51(31-25-48)79-67(94)53(22-21-34-76-71(75)98)80-68(95)60(42(2)3)81-56(88)23-19-18-20-36-86-57(89)32-33-58(86)90/h24-33,42-47,52-55,60-63,65H,17-23,34-41H2,1-16H3,(H,77,99)(H,78,93)(H,79,94)(H,80,95)(H,81,88)(H,82,96)(H3,75,76,98)/t45-,46+,47-,52-,53-,54-,55+,60-,61-,62-,63-,65+/m0/s1. The maximum atomic E-state index is 15.1. The number of primary amides is 1. The molecular weight excluding hydrogens is 1350 g/mol. The number of methoxy groups -OCH3 is 2. The van der Waals surface area contributed by atoms with Gasteiger partial charge in [-0.1, -0.05) is 87.3 Å². The van der Waals surface area contributed by atoms with Crippen LogP contribution in [0, 0.1) is 35.4 Å². The Morgan fingerprint density at radius 2 is 1.33 bits per heavy atom. The molecule has 30 nitrogen and oxygen atoms in total. The zero-order chi connectivity index (χ0) is 77.8. The molecule has 0 spiro atoms. The fraction of sp³-hybridized carbons (Fsp3) is 0.630. The number of nitrogens with two attached hydrogens (primary N) is 1. The molecule has 578 valence electrons. The molecule has 104 heavy (non-hydrogen) atoms. The summed E-state index contributed by atoms with van der Waals surface area (Å²) in [5, 5.41) is 19.0. The second kappa shape index (κ2) is 42.6. The van der Waals surface area contributed by atoms with Crippen LogP contribution in [-0.2, 0) is 68.7 Å². The summed E-state index contributed by atoms with van der Waals surface area (Å²) in [6.07, 6.45) is 0.00727. The lowest BCUT2D eigenvalue weighted by molar-refractivity contribution is -0.148. The minimum Gasteiger partial charge on any atom is -0.445 e. The summed E-state index contributed by atoms with van der Waals surface area (Å²) in [4.78, 5) is 180. The third-order valence-corrected chi connectivity index (χ3v) is 18.8. The number of rotatable bonds is 42. The summed E-state index contributed by atoms with van der Waals surface area (Å²) in [7, 11) is 9.47. The molecule has 1 fully saturated rings. The van der Waals surface area contributed by atoms with Crippen LogP contribution in [0.1, 0.15) is 143 Å². The fourth-order valence-electron chi connectivity index (χ4n) is 12.7. The van der Waals surface area contributed by atoms with Gasteiger partial charge in [-0.15, -0.1) is 0 Å². The first-order chi connectivity index (χ1) is 49.0. The number of hydrogen-bond donors (Lipinski definition) is 8. The van der Waals surface area contributed by atoms with E-state index in [4.69, 9.17) is 24.7 Å². The Balaban J connectivity index is 1.42. The van der Waals surface area contributed by atoms with E-state index >= 15 is 4.79 Å². The first-order valence-corrected chi connectivity index (χ1v) is 35.6. The average molecular weight is 1460 g/mol. The topological polar surface area (TPSA) is 385 Å². The number of ether oxygens (including phenoxy) is 4. The summed E-state index contributed by atoms with van der Waals surface area (Å²) in [6, 6.07) is 4.21. The predicted molar refractivity (Wildman–Crippen MR) is 385 cm³/mol. The normalized spacial score (nSPS) is 17.2. The lowest BCUT2D eigenvalue weighted by atomic mass is 9.89. The highest BCUT2D eigenvalue weighted by atomic mass is 19.1. The number of likely N-dealkylation sites (tertiary alicyclic amines) is 1. The average Bonchev–Trinajstić information content (AvgIpc) is 1.11. The molecule has 0 aliphatic carbocycles. The van der Waals surface area contributed by atoms with E-state index in [1.807, 2.05) is 41.5 Å². The zero-order valence-corrected chi connectivity index (χ0v) is 63.2. The fourth-order valence-corrected chi connectivity index (χ4v) is 12.7. The molecule has 0 radical (unpaired) electrons. The largest absolute Gasteiger partial charge is 0.445 e. The van der Waals surface area contributed by atoms with Crippen LogP contribution in [-0.4, -0.2) is 237 Å². The number of benzene rings is 2. The van der Waals surface area contributed by atoms with Crippen molar-refractivity contribution < 1.29 is 85.7 Å². The molecule has 4 rings (SSSR count). The van der Waals surface area contributed by atoms with Crippen LogP contribution in [0.25, 0.3) is 0 Å². The number of unbranched alkanes of at least 4 members (excludes halogenated alkanes) is 2. The van der Waals surface area contributed by atoms with Gasteiger partial charge in [-0.05, 0) is 112 Å². The Kier molecular flexibility index (Phi) is 35.8. The van der Waals surface area contributed by atoms with Crippen molar-refractivity contribution in [2.75, 3.05) is 80.5 Å². The van der Waals surface area contributed by atoms with Crippen LogP contribution in [0.3, 0.4) is 0 Å². The molecule has 0 unspecified atom stereocenters. The number of imide groups is 1. The van der Waals surface area contributed by atoms with Gasteiger partial charge < -0.3 is 76.6 Å². The van der Waals surface area contributed by atoms with Gasteiger partial charge in [0.1, 0.15) is 36.7 Å². The van der Waals surface area contributed by atoms with Crippen molar-refractivity contribution in [2.45, 2.75) is 194 Å². The first-order valence-electron chi connectivity index (χ1n) is 35.6. The maximum Gasteiger partial charge on any atom is 0.409 e. The Morgan fingerprint density at radius 1 is 0.692 bits per heavy atom. The van der Waals surface area contributed by atoms with Crippen LogP contribution in [0.2, 0.25) is 0 Å². The van der Waals surface area contributed by atoms with Crippen LogP contribution in [0.5, 0.6) is 0 Å². The number of amides is 13. The van der Waals surface area contributed by atoms with E-state index in [1.54, 1.807) is 76.0 Å². The van der Waals surface area contributed by atoms with E-state index in [9.17, 15) is 61.9 Å². The van der Waals surface area contributed by atoms with Gasteiger partial charge in [-0.2, -0.15) is 0 Å². The number of carbonyl (C=O) groups is 13. The minimum absolute atomic E-state index is 0.00801. The third-order valence-electron chi connectivity index (χ3n) is 18.8. The van der Waals surface area contributed by atoms with Crippen molar-refractivity contribution in [1.82, 2.24) is 56.4 Å². The number of ketones is 1. The van der Waals surface area contributed by atoms with Gasteiger partial charge in [0, 0.05) is 90.7 Å². The zero-order valence-electron chi connectivity index (χ0n) is 63.2. The van der Waals surface area contributed by atoms with Gasteiger partial charge in [-0.25, -0.2) is 18.8 Å². The molecule has 2 aromatic rings. The minimum atomic E-state index is -1.12. The van der Waals surface area contributed by atoms with Crippen molar-refractivity contribution in [2.24, 2.45) is 35.3 Å². The Labute approximate surface area is 610 Å². The van der Waals surface area contributed by atoms with Crippen LogP contribution in [0.4, 0.5) is 24.5 Å². The van der Waals surface area contributed by atoms with E-state index in [1.165, 1.54) is 62.3 Å². The van der Waals surface area contributed by atoms with Gasteiger partial charge in [0.2, 0.25) is 41.4 Å². The van der Waals surface area contributed by atoms with Crippen LogP contribution < -0.4 is 43.0 Å². The summed E-state index contributed by atoms with van der Waals surface area (Å²) in [5.74, 6) is -7.18. The molecule has 0 aromatic heterocycles. The smallest absolute Gasteiger partial charge is 0.409 e. The summed E-state index contributed by atoms with van der Waals surface area (Å²) in [5.41, 5.74) is 6.26. The number of alkyl carbamates (subject to hydrolysis) is 1. The van der Waals surface area contributed by atoms with Gasteiger partial charge in [-0.3, -0.25) is 57.7 Å². The third kappa shape index (κ3) is 26.6. The van der Waals surface area contributed by atoms with Crippen molar-refractivity contribution >= 4 is 82.9 Å². The summed E-state index contributed by atoms with van der Waals surface area (Å²) >= 11 is 0. The van der Waals surface area contributed by atoms with E-state index in [0.29, 0.717) is 36.9 Å². The van der Waals surface area contributed by atoms with Gasteiger partial charge >= 0.3 is 18.2 Å². The lowest BCUT2D eigenvalue weighted by Crippen LogP contribution is -2.59. The highest BCUT2D eigenvalue weighted by Gasteiger charge is 2.47. The summed E-state index contributed by atoms with van der Waals surface area (Å²) in [6.45, 7) is 17.8. The number of Topliss-reactive ketones (excluding diaryl/α,β-unsaturated/α-hetero) is 1. The molecule has 0 bridgehead atoms. The second-order valence-corrected chi connectivity index (χ2v) is 28.0. The Morgan fingerprint density at radius 3 is 1.89 bits per heavy atom. The van der Waals surface area contributed by atoms with Crippen molar-refractivity contribution in [1.29, 1.82) is 0 Å². The molecule has 2 heterocycles. The highest BCUT2D eigenvalue weighted by molar-refractivity contribution is 6.13. The predicted octanol–water partition coefficient (Wildman–Crippen LogP) is 4.63. The number of carbonyl (C=O) groups excluding carboxylic acids is 13. The van der Waals surface area contributed by atoms with Crippen LogP contribution >= 0.6 is 0 Å². The van der Waals surface area contributed by atoms with E-state index < -0.39 is 126 Å². The number of nitrogens with zero attached hydrogens (tertiary/aromatic N) is 5. The molecule has 31 heteroatoms. The van der Waals surface area contributed by atoms with Crippen molar-refractivity contribution in [3.05, 3.63) is 77.6 Å². The van der Waals surface area contributed by atoms with Crippen LogP contribution in [0.15, 0.2) is 60.7 Å². The molecule has 13 amide bonds. The number of halogens is 1. The number of hydrogen-bond acceptors (Lipinski definition) is 18. The monoisotopic (exact) mass is 1460 g/mol. The van der Waals surface area contributed by atoms with Gasteiger partial charge in [0.25, 0.3) is 11.8 Å². The number of anilines is 1. The molecular formula is C73H112FN13O17. The molecule has 2 aliphatic heterocycles. The molecule has 2 aliphatic rings. The first kappa shape index (κ1) is 87.3. The number of nitrogens with one attached hydrogen (secondary N) is 7. The van der Waals surface area contributed by atoms with Crippen molar-refractivity contribution in [3.63, 3.8) is 0 Å². The summed E-state index contributed by atoms with van der Waals surface area (Å²) < 4.78 is 37.4. The Bertz CT molecular complexity index is 3260. The molecule has 2 aromatic carbocycles. The molecule has 0 saturated carbocycles. The van der Waals surface area contributed by atoms with E-state index in [2.05, 4.69) is 37.2 Å².